The van der Waals surface area contributed by atoms with Gasteiger partial charge in [0.15, 0.2) is 0 Å². The summed E-state index contributed by atoms with van der Waals surface area (Å²) in [5, 5.41) is 7.12. The Morgan fingerprint density at radius 1 is 1.21 bits per heavy atom. The van der Waals surface area contributed by atoms with Crippen molar-refractivity contribution in [3.8, 4) is 0 Å². The molecule has 9 heteroatoms. The molecule has 6 nitrogen and oxygen atoms in total. The summed E-state index contributed by atoms with van der Waals surface area (Å²) >= 11 is 0. The van der Waals surface area contributed by atoms with Gasteiger partial charge in [-0.15, -0.1) is 0 Å². The summed E-state index contributed by atoms with van der Waals surface area (Å²) in [6.45, 7) is 7.83. The summed E-state index contributed by atoms with van der Waals surface area (Å²) < 4.78 is 43.9. The third kappa shape index (κ3) is 7.99. The van der Waals surface area contributed by atoms with E-state index in [2.05, 4.69) is 57.1 Å². The number of carboxylic acids is 1. The van der Waals surface area contributed by atoms with Crippen molar-refractivity contribution in [2.75, 3.05) is 46.2 Å². The van der Waals surface area contributed by atoms with E-state index in [1.807, 2.05) is 0 Å². The molecule has 1 fully saturated rings. The van der Waals surface area contributed by atoms with Crippen LogP contribution in [0.15, 0.2) is 24.3 Å². The van der Waals surface area contributed by atoms with Gasteiger partial charge in [0.25, 0.3) is 0 Å². The molecule has 3 N–H and O–H groups in total. The van der Waals surface area contributed by atoms with Crippen LogP contribution in [0.5, 0.6) is 0 Å². The molecule has 0 bridgehead atoms. The SMILES string of the molecule is CN(C)CCOC1(c2ccc(N)c(C3=CCC(C)(C)CC3)c2)CCOCC1.O=C(O)C(F)(F)F. The van der Waals surface area contributed by atoms with Crippen LogP contribution in [0.25, 0.3) is 5.57 Å². The Morgan fingerprint density at radius 3 is 2.32 bits per heavy atom. The highest BCUT2D eigenvalue weighted by Gasteiger charge is 2.38. The molecule has 2 aliphatic rings. The van der Waals surface area contributed by atoms with Crippen LogP contribution >= 0.6 is 0 Å². The highest BCUT2D eigenvalue weighted by atomic mass is 19.4. The van der Waals surface area contributed by atoms with Gasteiger partial charge in [0.1, 0.15) is 0 Å². The first-order valence-electron chi connectivity index (χ1n) is 11.5. The number of carbonyl (C=O) groups is 1. The average molecular weight is 487 g/mol. The number of likely N-dealkylation sites (N-methyl/N-ethyl adjacent to an activating group) is 1. The molecule has 3 rings (SSSR count). The van der Waals surface area contributed by atoms with E-state index in [0.717, 1.165) is 57.7 Å². The van der Waals surface area contributed by atoms with Crippen LogP contribution in [0.3, 0.4) is 0 Å². The summed E-state index contributed by atoms with van der Waals surface area (Å²) in [6, 6.07) is 6.52. The van der Waals surface area contributed by atoms with Crippen LogP contribution in [0.2, 0.25) is 0 Å². The van der Waals surface area contributed by atoms with Gasteiger partial charge in [0, 0.05) is 43.9 Å². The lowest BCUT2D eigenvalue weighted by molar-refractivity contribution is -0.192. The van der Waals surface area contributed by atoms with E-state index < -0.39 is 12.1 Å². The highest BCUT2D eigenvalue weighted by molar-refractivity contribution is 5.76. The number of nitrogens with zero attached hydrogens (tertiary/aromatic N) is 1. The standard InChI is InChI=1S/C23H36N2O2.C2HF3O2/c1-22(2)9-7-18(8-10-22)20-17-19(5-6-21(20)24)23(11-14-26-15-12-23)27-16-13-25(3)4;3-2(4,5)1(6)7/h5-7,17H,8-16,24H2,1-4H3;(H,6,7). The molecule has 0 amide bonds. The maximum absolute atomic E-state index is 10.6. The van der Waals surface area contributed by atoms with Crippen molar-refractivity contribution in [1.82, 2.24) is 4.90 Å². The molecule has 0 saturated carbocycles. The van der Waals surface area contributed by atoms with E-state index in [9.17, 15) is 13.2 Å². The van der Waals surface area contributed by atoms with Gasteiger partial charge >= 0.3 is 12.1 Å². The highest BCUT2D eigenvalue weighted by Crippen LogP contribution is 2.42. The van der Waals surface area contributed by atoms with Crippen LogP contribution in [0.1, 0.15) is 57.1 Å². The molecule has 34 heavy (non-hydrogen) atoms. The summed E-state index contributed by atoms with van der Waals surface area (Å²) in [7, 11) is 4.16. The number of nitrogens with two attached hydrogens (primary N) is 1. The molecule has 192 valence electrons. The number of allylic oxidation sites excluding steroid dienone is 2. The Hall–Kier alpha value is -2.10. The van der Waals surface area contributed by atoms with E-state index in [0.29, 0.717) is 5.41 Å². The number of hydrogen-bond donors (Lipinski definition) is 2. The van der Waals surface area contributed by atoms with Crippen molar-refractivity contribution in [1.29, 1.82) is 0 Å². The van der Waals surface area contributed by atoms with Crippen LogP contribution in [-0.4, -0.2) is 62.6 Å². The number of rotatable bonds is 6. The zero-order valence-electron chi connectivity index (χ0n) is 20.5. The molecule has 0 spiro atoms. The predicted octanol–water partition coefficient (Wildman–Crippen LogP) is 5.08. The minimum Gasteiger partial charge on any atom is -0.475 e. The average Bonchev–Trinajstić information content (AvgIpc) is 2.74. The van der Waals surface area contributed by atoms with E-state index in [1.54, 1.807) is 0 Å². The zero-order chi connectivity index (χ0) is 25.6. The molecule has 1 aromatic carbocycles. The smallest absolute Gasteiger partial charge is 0.475 e. The number of benzene rings is 1. The molecule has 0 aromatic heterocycles. The third-order valence-electron chi connectivity index (χ3n) is 6.36. The van der Waals surface area contributed by atoms with Crippen molar-refractivity contribution in [3.63, 3.8) is 0 Å². The van der Waals surface area contributed by atoms with Crippen molar-refractivity contribution in [2.45, 2.75) is 57.7 Å². The fourth-order valence-corrected chi connectivity index (χ4v) is 4.08. The van der Waals surface area contributed by atoms with E-state index in [-0.39, 0.29) is 5.60 Å². The number of nitrogen functional groups attached to an aromatic ring is 1. The van der Waals surface area contributed by atoms with E-state index in [1.165, 1.54) is 23.1 Å². The molecular weight excluding hydrogens is 449 g/mol. The van der Waals surface area contributed by atoms with Crippen molar-refractivity contribution >= 4 is 17.2 Å². The van der Waals surface area contributed by atoms with Gasteiger partial charge in [-0.3, -0.25) is 0 Å². The lowest BCUT2D eigenvalue weighted by Gasteiger charge is -2.38. The number of alkyl halides is 3. The number of aliphatic carboxylic acids is 1. The van der Waals surface area contributed by atoms with Crippen LogP contribution in [0.4, 0.5) is 18.9 Å². The number of carboxylic acid groups (broad SMARTS) is 1. The molecule has 1 aliphatic heterocycles. The molecule has 0 radical (unpaired) electrons. The van der Waals surface area contributed by atoms with Crippen molar-refractivity contribution in [2.24, 2.45) is 5.41 Å². The lowest BCUT2D eigenvalue weighted by Crippen LogP contribution is -2.38. The topological polar surface area (TPSA) is 85.0 Å². The first-order chi connectivity index (χ1) is 15.8. The quantitative estimate of drug-likeness (QED) is 0.546. The molecule has 1 heterocycles. The van der Waals surface area contributed by atoms with Gasteiger partial charge in [-0.25, -0.2) is 4.79 Å². The zero-order valence-corrected chi connectivity index (χ0v) is 20.5. The number of halogens is 3. The Balaban J connectivity index is 0.000000509. The van der Waals surface area contributed by atoms with Gasteiger partial charge in [-0.05, 0) is 62.0 Å². The fourth-order valence-electron chi connectivity index (χ4n) is 4.08. The van der Waals surface area contributed by atoms with Crippen LogP contribution < -0.4 is 5.73 Å². The summed E-state index contributed by atoms with van der Waals surface area (Å²) in [5.41, 5.74) is 11.2. The lowest BCUT2D eigenvalue weighted by atomic mass is 9.76. The largest absolute Gasteiger partial charge is 0.490 e. The molecule has 1 aromatic rings. The molecule has 1 saturated heterocycles. The van der Waals surface area contributed by atoms with Crippen molar-refractivity contribution in [3.05, 3.63) is 35.4 Å². The van der Waals surface area contributed by atoms with Crippen molar-refractivity contribution < 1.29 is 32.5 Å². The van der Waals surface area contributed by atoms with Gasteiger partial charge in [-0.1, -0.05) is 26.0 Å². The Bertz CT molecular complexity index is 860. The second-order valence-electron chi connectivity index (χ2n) is 9.96. The maximum atomic E-state index is 10.6. The molecule has 1 aliphatic carbocycles. The van der Waals surface area contributed by atoms with E-state index in [4.69, 9.17) is 25.1 Å². The predicted molar refractivity (Wildman–Crippen MR) is 126 cm³/mol. The second kappa shape index (κ2) is 11.6. The fraction of sp³-hybridized carbons (Fsp3) is 0.640. The first-order valence-corrected chi connectivity index (χ1v) is 11.5. The summed E-state index contributed by atoms with van der Waals surface area (Å²) in [6.07, 6.45) is 2.53. The van der Waals surface area contributed by atoms with E-state index >= 15 is 0 Å². The minimum absolute atomic E-state index is 0.259. The summed E-state index contributed by atoms with van der Waals surface area (Å²) in [5.74, 6) is -2.76. The minimum atomic E-state index is -5.08. The van der Waals surface area contributed by atoms with Crippen LogP contribution in [-0.2, 0) is 19.9 Å². The third-order valence-corrected chi connectivity index (χ3v) is 6.36. The van der Waals surface area contributed by atoms with Crippen LogP contribution in [0, 0.1) is 5.41 Å². The number of ether oxygens (including phenoxy) is 2. The second-order valence-corrected chi connectivity index (χ2v) is 9.96. The van der Waals surface area contributed by atoms with Gasteiger partial charge in [0.05, 0.1) is 12.2 Å². The Kier molecular flexibility index (Phi) is 9.56. The van der Waals surface area contributed by atoms with Gasteiger partial charge in [-0.2, -0.15) is 13.2 Å². The van der Waals surface area contributed by atoms with Gasteiger partial charge < -0.3 is 25.2 Å². The Morgan fingerprint density at radius 2 is 1.82 bits per heavy atom. The molecule has 0 unspecified atom stereocenters. The molecular formula is C25H37F3N2O4. The number of anilines is 1. The maximum Gasteiger partial charge on any atom is 0.490 e. The van der Waals surface area contributed by atoms with Gasteiger partial charge in [0.2, 0.25) is 0 Å². The summed E-state index contributed by atoms with van der Waals surface area (Å²) in [4.78, 5) is 11.1. The Labute approximate surface area is 199 Å². The number of hydrogen-bond acceptors (Lipinski definition) is 5. The normalized spacial score (nSPS) is 19.7. The molecule has 0 atom stereocenters. The first kappa shape index (κ1) is 28.1. The monoisotopic (exact) mass is 486 g/mol.